The van der Waals surface area contributed by atoms with Crippen molar-refractivity contribution in [3.8, 4) is 0 Å². The number of hydrogen-bond donors (Lipinski definition) is 1. The van der Waals surface area contributed by atoms with E-state index in [1.165, 1.54) is 0 Å². The molecule has 0 aliphatic heterocycles. The monoisotopic (exact) mass is 374 g/mol. The van der Waals surface area contributed by atoms with E-state index in [1.54, 1.807) is 84.9 Å². The molecule has 25 heavy (non-hydrogen) atoms. The fourth-order valence-corrected chi connectivity index (χ4v) is 5.70. The predicted octanol–water partition coefficient (Wildman–Crippen LogP) is 4.68. The number of halogens is 2. The number of alkyl halides is 1. The molecule has 0 saturated carbocycles. The Morgan fingerprint density at radius 1 is 0.800 bits per heavy atom. The van der Waals surface area contributed by atoms with Crippen LogP contribution >= 0.6 is 18.7 Å². The van der Waals surface area contributed by atoms with Crippen molar-refractivity contribution in [3.05, 3.63) is 95.5 Å². The maximum absolute atomic E-state index is 15.5. The Kier molecular flexibility index (Phi) is 5.39. The van der Waals surface area contributed by atoms with E-state index < -0.39 is 19.2 Å². The summed E-state index contributed by atoms with van der Waals surface area (Å²) in [4.78, 5) is 0. The van der Waals surface area contributed by atoms with Gasteiger partial charge in [0.25, 0.3) is 0 Å². The Morgan fingerprint density at radius 2 is 1.24 bits per heavy atom. The van der Waals surface area contributed by atoms with Gasteiger partial charge in [0.05, 0.1) is 0 Å². The SMILES string of the molecule is O=P(c1ccccc1)(c1ccccc1)[C@@H](F)[C@@H](O)c1ccccc1Cl. The number of hydrogen-bond acceptors (Lipinski definition) is 2. The molecule has 128 valence electrons. The van der Waals surface area contributed by atoms with E-state index in [4.69, 9.17) is 11.6 Å². The molecule has 2 nitrogen and oxygen atoms in total. The van der Waals surface area contributed by atoms with E-state index in [0.717, 1.165) is 0 Å². The van der Waals surface area contributed by atoms with Crippen molar-refractivity contribution < 1.29 is 14.1 Å². The lowest BCUT2D eigenvalue weighted by Crippen LogP contribution is -2.27. The second-order valence-corrected chi connectivity index (χ2v) is 8.92. The van der Waals surface area contributed by atoms with Gasteiger partial charge in [-0.1, -0.05) is 90.5 Å². The number of benzene rings is 3. The number of aliphatic hydroxyl groups excluding tert-OH is 1. The Morgan fingerprint density at radius 3 is 1.72 bits per heavy atom. The average Bonchev–Trinajstić information content (AvgIpc) is 2.68. The van der Waals surface area contributed by atoms with Gasteiger partial charge in [0, 0.05) is 21.2 Å². The normalized spacial score (nSPS) is 14.0. The van der Waals surface area contributed by atoms with Gasteiger partial charge in [-0.2, -0.15) is 0 Å². The lowest BCUT2D eigenvalue weighted by Gasteiger charge is -2.27. The van der Waals surface area contributed by atoms with Gasteiger partial charge in [-0.05, 0) is 6.07 Å². The van der Waals surface area contributed by atoms with Gasteiger partial charge >= 0.3 is 0 Å². The molecular weight excluding hydrogens is 358 g/mol. The van der Waals surface area contributed by atoms with Crippen LogP contribution in [0.2, 0.25) is 5.02 Å². The van der Waals surface area contributed by atoms with Gasteiger partial charge in [-0.3, -0.25) is 0 Å². The van der Waals surface area contributed by atoms with Gasteiger partial charge < -0.3 is 9.67 Å². The Hall–Kier alpha value is -1.93. The molecule has 0 aliphatic rings. The highest BCUT2D eigenvalue weighted by Gasteiger charge is 2.42. The molecular formula is C20H17ClFO2P. The highest BCUT2D eigenvalue weighted by Crippen LogP contribution is 2.54. The highest BCUT2D eigenvalue weighted by molar-refractivity contribution is 7.79. The van der Waals surface area contributed by atoms with Crippen molar-refractivity contribution in [1.82, 2.24) is 0 Å². The van der Waals surface area contributed by atoms with Crippen LogP contribution in [0.25, 0.3) is 0 Å². The van der Waals surface area contributed by atoms with Crippen LogP contribution in [0.3, 0.4) is 0 Å². The minimum Gasteiger partial charge on any atom is -0.385 e. The van der Waals surface area contributed by atoms with Crippen LogP contribution in [0.1, 0.15) is 11.7 Å². The van der Waals surface area contributed by atoms with E-state index in [-0.39, 0.29) is 10.6 Å². The van der Waals surface area contributed by atoms with Crippen LogP contribution in [0, 0.1) is 0 Å². The van der Waals surface area contributed by atoms with Crippen LogP contribution in [0.5, 0.6) is 0 Å². The van der Waals surface area contributed by atoms with Crippen LogP contribution in [-0.4, -0.2) is 11.0 Å². The van der Waals surface area contributed by atoms with Crippen molar-refractivity contribution >= 4 is 29.4 Å². The number of aliphatic hydroxyl groups is 1. The molecule has 0 bridgehead atoms. The molecule has 0 fully saturated rings. The van der Waals surface area contributed by atoms with Crippen LogP contribution < -0.4 is 10.6 Å². The zero-order valence-electron chi connectivity index (χ0n) is 13.3. The van der Waals surface area contributed by atoms with Gasteiger partial charge in [-0.25, -0.2) is 4.39 Å². The second-order valence-electron chi connectivity index (χ2n) is 5.67. The molecule has 0 radical (unpaired) electrons. The van der Waals surface area contributed by atoms with Crippen molar-refractivity contribution in [2.45, 2.75) is 12.0 Å². The molecule has 5 heteroatoms. The zero-order valence-corrected chi connectivity index (χ0v) is 14.9. The summed E-state index contributed by atoms with van der Waals surface area (Å²) in [7, 11) is -3.73. The summed E-state index contributed by atoms with van der Waals surface area (Å²) in [5, 5.41) is 11.6. The summed E-state index contributed by atoms with van der Waals surface area (Å²) in [5.41, 5.74) is 0.226. The smallest absolute Gasteiger partial charge is 0.190 e. The van der Waals surface area contributed by atoms with Crippen LogP contribution in [0.4, 0.5) is 4.39 Å². The Balaban J connectivity index is 2.13. The molecule has 0 aromatic heterocycles. The van der Waals surface area contributed by atoms with Gasteiger partial charge in [0.1, 0.15) is 6.10 Å². The van der Waals surface area contributed by atoms with E-state index in [0.29, 0.717) is 10.6 Å². The molecule has 0 heterocycles. The fourth-order valence-electron chi connectivity index (χ4n) is 2.79. The maximum Gasteiger partial charge on any atom is 0.190 e. The second kappa shape index (κ2) is 7.53. The summed E-state index contributed by atoms with van der Waals surface area (Å²) in [6.45, 7) is 0. The molecule has 0 unspecified atom stereocenters. The maximum atomic E-state index is 15.5. The topological polar surface area (TPSA) is 37.3 Å². The van der Waals surface area contributed by atoms with Gasteiger partial charge in [0.15, 0.2) is 13.1 Å². The van der Waals surface area contributed by atoms with Crippen LogP contribution in [0.15, 0.2) is 84.9 Å². The molecule has 3 rings (SSSR count). The first-order chi connectivity index (χ1) is 12.0. The summed E-state index contributed by atoms with van der Waals surface area (Å²) >= 11 is 6.09. The molecule has 0 aliphatic carbocycles. The zero-order chi connectivity index (χ0) is 17.9. The first kappa shape index (κ1) is 17.9. The summed E-state index contributed by atoms with van der Waals surface area (Å²) in [6, 6.07) is 23.3. The molecule has 0 spiro atoms. The van der Waals surface area contributed by atoms with Crippen molar-refractivity contribution in [2.24, 2.45) is 0 Å². The van der Waals surface area contributed by atoms with Crippen molar-refractivity contribution in [1.29, 1.82) is 0 Å². The third-order valence-electron chi connectivity index (χ3n) is 4.11. The van der Waals surface area contributed by atoms with E-state index in [1.807, 2.05) is 0 Å². The first-order valence-electron chi connectivity index (χ1n) is 7.82. The summed E-state index contributed by atoms with van der Waals surface area (Å²) in [6.07, 6.45) is -1.60. The Labute approximate surface area is 151 Å². The number of rotatable bonds is 5. The predicted molar refractivity (Wildman–Crippen MR) is 101 cm³/mol. The van der Waals surface area contributed by atoms with Crippen molar-refractivity contribution in [2.75, 3.05) is 0 Å². The molecule has 3 aromatic rings. The lowest BCUT2D eigenvalue weighted by atomic mass is 10.1. The summed E-state index contributed by atoms with van der Waals surface area (Å²) < 4.78 is 29.4. The first-order valence-corrected chi connectivity index (χ1v) is 9.98. The van der Waals surface area contributed by atoms with Crippen LogP contribution in [-0.2, 0) is 4.57 Å². The molecule has 3 aromatic carbocycles. The molecule has 0 saturated heterocycles. The van der Waals surface area contributed by atoms with Gasteiger partial charge in [-0.15, -0.1) is 0 Å². The third-order valence-corrected chi connectivity index (χ3v) is 7.56. The fraction of sp³-hybridized carbons (Fsp3) is 0.100. The van der Waals surface area contributed by atoms with E-state index in [9.17, 15) is 9.67 Å². The standard InChI is InChI=1S/C20H17ClFO2P/c21-18-14-8-7-13-17(18)19(23)20(22)25(24,15-9-3-1-4-10-15)16-11-5-2-6-12-16/h1-14,19-20,23H/t19-,20+/m0/s1. The average molecular weight is 375 g/mol. The summed E-state index contributed by atoms with van der Waals surface area (Å²) in [5.74, 6) is -2.02. The largest absolute Gasteiger partial charge is 0.385 e. The van der Waals surface area contributed by atoms with E-state index >= 15 is 4.39 Å². The minimum atomic E-state index is -3.73. The molecule has 2 atom stereocenters. The molecule has 1 N–H and O–H groups in total. The highest BCUT2D eigenvalue weighted by atomic mass is 35.5. The quantitative estimate of drug-likeness (QED) is 0.658. The van der Waals surface area contributed by atoms with Gasteiger partial charge in [0.2, 0.25) is 0 Å². The molecule has 0 amide bonds. The van der Waals surface area contributed by atoms with E-state index in [2.05, 4.69) is 0 Å². The van der Waals surface area contributed by atoms with Crippen molar-refractivity contribution in [3.63, 3.8) is 0 Å². The lowest BCUT2D eigenvalue weighted by molar-refractivity contribution is 0.119. The Bertz CT molecular complexity index is 843. The third kappa shape index (κ3) is 3.41. The minimum absolute atomic E-state index is 0.226.